The molecule has 3 aromatic carbocycles. The van der Waals surface area contributed by atoms with Crippen LogP contribution in [0.4, 0.5) is 4.39 Å². The van der Waals surface area contributed by atoms with Crippen LogP contribution in [0.1, 0.15) is 30.2 Å². The van der Waals surface area contributed by atoms with Crippen molar-refractivity contribution in [2.24, 2.45) is 5.92 Å². The molecule has 0 unspecified atom stereocenters. The number of carboxylic acids is 1. The Hall–Kier alpha value is -4.13. The average Bonchev–Trinajstić information content (AvgIpc) is 3.23. The zero-order chi connectivity index (χ0) is 27.4. The van der Waals surface area contributed by atoms with E-state index in [-0.39, 0.29) is 30.2 Å². The third kappa shape index (κ3) is 5.98. The molecule has 1 N–H and O–H groups in total. The number of amides is 1. The molecule has 1 aliphatic carbocycles. The van der Waals surface area contributed by atoms with Gasteiger partial charge in [-0.05, 0) is 67.1 Å². The minimum Gasteiger partial charge on any atom is -0.492 e. The van der Waals surface area contributed by atoms with Crippen LogP contribution in [0, 0.1) is 11.7 Å². The number of benzene rings is 3. The summed E-state index contributed by atoms with van der Waals surface area (Å²) in [4.78, 5) is 27.5. The SMILES string of the molecule is C[C@@H](Cc1ccccc1)C(=O)N(CCOc1ccccc1)[C@H]1CCc2c(c3cc(F)ccc3n2CC(=O)O)C1. The maximum Gasteiger partial charge on any atom is 0.323 e. The summed E-state index contributed by atoms with van der Waals surface area (Å²) in [6.45, 7) is 2.56. The van der Waals surface area contributed by atoms with Crippen molar-refractivity contribution in [1.82, 2.24) is 9.47 Å². The van der Waals surface area contributed by atoms with Gasteiger partial charge >= 0.3 is 5.97 Å². The highest BCUT2D eigenvalue weighted by atomic mass is 19.1. The van der Waals surface area contributed by atoms with Crippen molar-refractivity contribution in [3.8, 4) is 5.75 Å². The van der Waals surface area contributed by atoms with Crippen LogP contribution >= 0.6 is 0 Å². The normalized spacial score (nSPS) is 15.5. The number of hydrogen-bond acceptors (Lipinski definition) is 3. The van der Waals surface area contributed by atoms with E-state index in [4.69, 9.17) is 4.74 Å². The Bertz CT molecular complexity index is 1450. The third-order valence-corrected chi connectivity index (χ3v) is 7.57. The molecule has 6 nitrogen and oxygen atoms in total. The summed E-state index contributed by atoms with van der Waals surface area (Å²) < 4.78 is 22.0. The molecule has 0 saturated carbocycles. The van der Waals surface area contributed by atoms with Crippen molar-refractivity contribution < 1.29 is 23.8 Å². The van der Waals surface area contributed by atoms with Crippen molar-refractivity contribution >= 4 is 22.8 Å². The highest BCUT2D eigenvalue weighted by Crippen LogP contribution is 2.35. The number of aliphatic carboxylic acids is 1. The highest BCUT2D eigenvalue weighted by molar-refractivity contribution is 5.87. The number of fused-ring (bicyclic) bond motifs is 3. The van der Waals surface area contributed by atoms with Crippen LogP contribution in [0.15, 0.2) is 78.9 Å². The van der Waals surface area contributed by atoms with Crippen LogP contribution in [0.25, 0.3) is 10.9 Å². The molecule has 4 aromatic rings. The van der Waals surface area contributed by atoms with Gasteiger partial charge in [0.2, 0.25) is 5.91 Å². The highest BCUT2D eigenvalue weighted by Gasteiger charge is 2.33. The van der Waals surface area contributed by atoms with Gasteiger partial charge in [0, 0.05) is 28.6 Å². The molecule has 1 heterocycles. The number of ether oxygens (including phenoxy) is 1. The van der Waals surface area contributed by atoms with E-state index in [1.807, 2.05) is 72.5 Å². The Morgan fingerprint density at radius 2 is 1.79 bits per heavy atom. The summed E-state index contributed by atoms with van der Waals surface area (Å²) in [5, 5.41) is 10.2. The lowest BCUT2D eigenvalue weighted by Crippen LogP contribution is -2.48. The monoisotopic (exact) mass is 528 g/mol. The van der Waals surface area contributed by atoms with Gasteiger partial charge in [0.15, 0.2) is 0 Å². The molecule has 0 saturated heterocycles. The molecule has 5 rings (SSSR count). The van der Waals surface area contributed by atoms with E-state index in [0.29, 0.717) is 44.4 Å². The van der Waals surface area contributed by atoms with Crippen LogP contribution in [-0.4, -0.2) is 45.6 Å². The third-order valence-electron chi connectivity index (χ3n) is 7.57. The molecule has 0 fully saturated rings. The largest absolute Gasteiger partial charge is 0.492 e. The van der Waals surface area contributed by atoms with Crippen LogP contribution in [-0.2, 0) is 35.4 Å². The maximum absolute atomic E-state index is 14.3. The zero-order valence-electron chi connectivity index (χ0n) is 22.1. The summed E-state index contributed by atoms with van der Waals surface area (Å²) >= 11 is 0. The molecule has 0 aliphatic heterocycles. The lowest BCUT2D eigenvalue weighted by atomic mass is 9.89. The molecule has 7 heteroatoms. The second-order valence-electron chi connectivity index (χ2n) is 10.2. The van der Waals surface area contributed by atoms with Crippen LogP contribution in [0.3, 0.4) is 0 Å². The molecular weight excluding hydrogens is 495 g/mol. The Morgan fingerprint density at radius 3 is 2.51 bits per heavy atom. The number of halogens is 1. The molecule has 1 aromatic heterocycles. The molecule has 1 aliphatic rings. The van der Waals surface area contributed by atoms with E-state index < -0.39 is 5.97 Å². The standard InChI is InChI=1S/C32H33FN2O4/c1-22(18-23-8-4-2-5-9-23)32(38)34(16-17-39-26-10-6-3-7-11-26)25-13-15-30-28(20-25)27-19-24(33)12-14-29(27)35(30)21-31(36)37/h2-12,14,19,22,25H,13,15-18,20-21H2,1H3,(H,36,37)/t22-,25-/m0/s1. The number of carbonyl (C=O) groups is 2. The number of carboxylic acid groups (broad SMARTS) is 1. The van der Waals surface area contributed by atoms with Crippen LogP contribution in [0.5, 0.6) is 5.75 Å². The van der Waals surface area contributed by atoms with Gasteiger partial charge in [0.25, 0.3) is 0 Å². The first-order chi connectivity index (χ1) is 18.9. The number of hydrogen-bond donors (Lipinski definition) is 1. The first-order valence-corrected chi connectivity index (χ1v) is 13.4. The van der Waals surface area contributed by atoms with Gasteiger partial charge in [0.05, 0.1) is 6.54 Å². The Morgan fingerprint density at radius 1 is 1.08 bits per heavy atom. The Balaban J connectivity index is 1.42. The number of aromatic nitrogens is 1. The van der Waals surface area contributed by atoms with E-state index in [1.165, 1.54) is 12.1 Å². The minimum absolute atomic E-state index is 0.0596. The summed E-state index contributed by atoms with van der Waals surface area (Å²) in [6, 6.07) is 23.9. The first-order valence-electron chi connectivity index (χ1n) is 13.4. The fraction of sp³-hybridized carbons (Fsp3) is 0.312. The lowest BCUT2D eigenvalue weighted by Gasteiger charge is -2.36. The number of rotatable bonds is 10. The van der Waals surface area contributed by atoms with Crippen LogP contribution in [0.2, 0.25) is 0 Å². The first kappa shape index (κ1) is 26.5. The summed E-state index contributed by atoms with van der Waals surface area (Å²) in [5.41, 5.74) is 3.67. The van der Waals surface area contributed by atoms with Gasteiger partial charge < -0.3 is 19.3 Å². The van der Waals surface area contributed by atoms with Crippen molar-refractivity contribution in [1.29, 1.82) is 0 Å². The summed E-state index contributed by atoms with van der Waals surface area (Å²) in [5.74, 6) is -0.715. The predicted octanol–water partition coefficient (Wildman–Crippen LogP) is 5.51. The van der Waals surface area contributed by atoms with E-state index in [9.17, 15) is 19.1 Å². The molecule has 2 atom stereocenters. The second-order valence-corrected chi connectivity index (χ2v) is 10.2. The van der Waals surface area contributed by atoms with Gasteiger partial charge in [0.1, 0.15) is 24.7 Å². The zero-order valence-corrected chi connectivity index (χ0v) is 22.1. The molecule has 0 bridgehead atoms. The van der Waals surface area contributed by atoms with Crippen molar-refractivity contribution in [2.75, 3.05) is 13.2 Å². The van der Waals surface area contributed by atoms with Crippen molar-refractivity contribution in [3.63, 3.8) is 0 Å². The second kappa shape index (κ2) is 11.7. The van der Waals surface area contributed by atoms with E-state index in [1.54, 1.807) is 10.6 Å². The van der Waals surface area contributed by atoms with E-state index >= 15 is 0 Å². The number of para-hydroxylation sites is 1. The lowest BCUT2D eigenvalue weighted by molar-refractivity contribution is -0.138. The molecular formula is C32H33FN2O4. The van der Waals surface area contributed by atoms with E-state index in [0.717, 1.165) is 28.0 Å². The molecule has 1 amide bonds. The summed E-state index contributed by atoms with van der Waals surface area (Å²) in [6.07, 6.45) is 2.48. The minimum atomic E-state index is -0.939. The quantitative estimate of drug-likeness (QED) is 0.295. The van der Waals surface area contributed by atoms with Gasteiger partial charge in [-0.15, -0.1) is 0 Å². The molecule has 0 radical (unpaired) electrons. The van der Waals surface area contributed by atoms with Crippen LogP contribution < -0.4 is 4.74 Å². The van der Waals surface area contributed by atoms with Gasteiger partial charge in [-0.3, -0.25) is 9.59 Å². The van der Waals surface area contributed by atoms with E-state index in [2.05, 4.69) is 0 Å². The number of carbonyl (C=O) groups excluding carboxylic acids is 1. The maximum atomic E-state index is 14.3. The smallest absolute Gasteiger partial charge is 0.323 e. The van der Waals surface area contributed by atoms with Gasteiger partial charge in [-0.1, -0.05) is 55.5 Å². The molecule has 39 heavy (non-hydrogen) atoms. The van der Waals surface area contributed by atoms with Crippen molar-refractivity contribution in [2.45, 2.75) is 45.2 Å². The fourth-order valence-electron chi connectivity index (χ4n) is 5.77. The van der Waals surface area contributed by atoms with Crippen molar-refractivity contribution in [3.05, 3.63) is 102 Å². The summed E-state index contributed by atoms with van der Waals surface area (Å²) in [7, 11) is 0. The fourth-order valence-corrected chi connectivity index (χ4v) is 5.77. The average molecular weight is 529 g/mol. The Labute approximate surface area is 227 Å². The Kier molecular flexibility index (Phi) is 7.96. The predicted molar refractivity (Wildman–Crippen MR) is 148 cm³/mol. The topological polar surface area (TPSA) is 71.8 Å². The number of nitrogens with zero attached hydrogens (tertiary/aromatic N) is 2. The van der Waals surface area contributed by atoms with Gasteiger partial charge in [-0.25, -0.2) is 4.39 Å². The van der Waals surface area contributed by atoms with Gasteiger partial charge in [-0.2, -0.15) is 0 Å². The molecule has 0 spiro atoms. The molecule has 202 valence electrons.